The number of para-hydroxylation sites is 1. The quantitative estimate of drug-likeness (QED) is 0.100. The van der Waals surface area contributed by atoms with Gasteiger partial charge in [-0.2, -0.15) is 0 Å². The molecule has 230 valence electrons. The fourth-order valence-corrected chi connectivity index (χ4v) is 6.34. The number of ether oxygens (including phenoxy) is 2. The molecular formula is C33H35Cl2N5O3S. The third kappa shape index (κ3) is 7.88. The van der Waals surface area contributed by atoms with Gasteiger partial charge >= 0.3 is 0 Å². The van der Waals surface area contributed by atoms with Crippen molar-refractivity contribution in [2.45, 2.75) is 17.3 Å². The number of halogens is 2. The monoisotopic (exact) mass is 651 g/mol. The lowest BCUT2D eigenvalue weighted by Gasteiger charge is -2.37. The van der Waals surface area contributed by atoms with Gasteiger partial charge < -0.3 is 24.2 Å². The van der Waals surface area contributed by atoms with Crippen molar-refractivity contribution in [1.82, 2.24) is 14.9 Å². The zero-order chi connectivity index (χ0) is 31.1. The van der Waals surface area contributed by atoms with Crippen LogP contribution in [0.25, 0.3) is 0 Å². The van der Waals surface area contributed by atoms with Crippen LogP contribution >= 0.6 is 35.0 Å². The van der Waals surface area contributed by atoms with Crippen LogP contribution in [0.5, 0.6) is 11.5 Å². The number of anilines is 2. The van der Waals surface area contributed by atoms with E-state index in [4.69, 9.17) is 37.7 Å². The molecule has 4 aromatic rings. The SMILES string of the molecule is COc1ccc(CCN(C)C(=O)c2ccc(CSc3nc(Cl)cc(N4CCN(c5ccccc5Cl)CC4)n3)cc2)cc1OC. The molecule has 0 N–H and O–H groups in total. The Labute approximate surface area is 272 Å². The summed E-state index contributed by atoms with van der Waals surface area (Å²) in [4.78, 5) is 28.5. The minimum atomic E-state index is -0.0258. The summed E-state index contributed by atoms with van der Waals surface area (Å²) < 4.78 is 10.7. The number of piperazine rings is 1. The van der Waals surface area contributed by atoms with Crippen molar-refractivity contribution in [2.24, 2.45) is 0 Å². The number of carbonyl (C=O) groups excluding carboxylic acids is 1. The van der Waals surface area contributed by atoms with E-state index in [9.17, 15) is 4.79 Å². The average Bonchev–Trinajstić information content (AvgIpc) is 3.06. The number of likely N-dealkylation sites (N-methyl/N-ethyl adjacent to an activating group) is 1. The number of benzene rings is 3. The topological polar surface area (TPSA) is 71.0 Å². The molecule has 5 rings (SSSR count). The van der Waals surface area contributed by atoms with E-state index in [1.54, 1.807) is 19.1 Å². The molecule has 1 aromatic heterocycles. The van der Waals surface area contributed by atoms with Crippen molar-refractivity contribution >= 4 is 52.4 Å². The number of thioether (sulfide) groups is 1. The molecule has 44 heavy (non-hydrogen) atoms. The Hall–Kier alpha value is -3.66. The molecule has 1 aliphatic heterocycles. The highest BCUT2D eigenvalue weighted by molar-refractivity contribution is 7.98. The van der Waals surface area contributed by atoms with Gasteiger partial charge in [-0.25, -0.2) is 9.97 Å². The maximum atomic E-state index is 13.1. The largest absolute Gasteiger partial charge is 0.493 e. The molecule has 0 aliphatic carbocycles. The van der Waals surface area contributed by atoms with Crippen LogP contribution in [0, 0.1) is 0 Å². The summed E-state index contributed by atoms with van der Waals surface area (Å²) in [5.41, 5.74) is 3.84. The summed E-state index contributed by atoms with van der Waals surface area (Å²) in [6.45, 7) is 3.87. The lowest BCUT2D eigenvalue weighted by atomic mass is 10.1. The summed E-state index contributed by atoms with van der Waals surface area (Å²) >= 11 is 14.3. The second-order valence-corrected chi connectivity index (χ2v) is 12.1. The average molecular weight is 653 g/mol. The van der Waals surface area contributed by atoms with E-state index in [0.717, 1.165) is 53.8 Å². The van der Waals surface area contributed by atoms with Crippen LogP contribution in [0.3, 0.4) is 0 Å². The van der Waals surface area contributed by atoms with Gasteiger partial charge in [0.05, 0.1) is 24.9 Å². The number of amides is 1. The van der Waals surface area contributed by atoms with Gasteiger partial charge in [-0.15, -0.1) is 0 Å². The van der Waals surface area contributed by atoms with E-state index in [2.05, 4.69) is 20.9 Å². The molecule has 8 nitrogen and oxygen atoms in total. The summed E-state index contributed by atoms with van der Waals surface area (Å²) in [5.74, 6) is 2.82. The maximum absolute atomic E-state index is 13.1. The molecule has 0 atom stereocenters. The van der Waals surface area contributed by atoms with Crippen molar-refractivity contribution in [3.63, 3.8) is 0 Å². The highest BCUT2D eigenvalue weighted by Crippen LogP contribution is 2.30. The Bertz CT molecular complexity index is 1580. The van der Waals surface area contributed by atoms with E-state index in [-0.39, 0.29) is 5.91 Å². The number of carbonyl (C=O) groups is 1. The van der Waals surface area contributed by atoms with Gasteiger partial charge in [0.1, 0.15) is 11.0 Å². The van der Waals surface area contributed by atoms with Crippen LogP contribution in [-0.4, -0.2) is 74.8 Å². The van der Waals surface area contributed by atoms with Crippen LogP contribution in [0.15, 0.2) is 78.0 Å². The summed E-state index contributed by atoms with van der Waals surface area (Å²) in [6.07, 6.45) is 0.704. The molecule has 3 aromatic carbocycles. The van der Waals surface area contributed by atoms with Gasteiger partial charge in [0, 0.05) is 57.2 Å². The van der Waals surface area contributed by atoms with Crippen LogP contribution in [0.1, 0.15) is 21.5 Å². The predicted octanol–water partition coefficient (Wildman–Crippen LogP) is 6.73. The fourth-order valence-electron chi connectivity index (χ4n) is 5.04. The molecule has 0 bridgehead atoms. The first kappa shape index (κ1) is 31.8. The van der Waals surface area contributed by atoms with Gasteiger partial charge in [-0.1, -0.05) is 65.3 Å². The van der Waals surface area contributed by atoms with Crippen molar-refractivity contribution in [2.75, 3.05) is 63.8 Å². The van der Waals surface area contributed by atoms with E-state index < -0.39 is 0 Å². The number of nitrogens with zero attached hydrogens (tertiary/aromatic N) is 5. The highest BCUT2D eigenvalue weighted by atomic mass is 35.5. The number of methoxy groups -OCH3 is 2. The zero-order valence-corrected chi connectivity index (χ0v) is 27.3. The molecule has 0 spiro atoms. The van der Waals surface area contributed by atoms with E-state index in [1.165, 1.54) is 11.8 Å². The Morgan fingerprint density at radius 1 is 0.864 bits per heavy atom. The lowest BCUT2D eigenvalue weighted by Crippen LogP contribution is -2.47. The highest BCUT2D eigenvalue weighted by Gasteiger charge is 2.21. The summed E-state index contributed by atoms with van der Waals surface area (Å²) in [7, 11) is 5.05. The van der Waals surface area contributed by atoms with Gasteiger partial charge in [0.15, 0.2) is 16.7 Å². The summed E-state index contributed by atoms with van der Waals surface area (Å²) in [6, 6.07) is 23.2. The molecular weight excluding hydrogens is 617 g/mol. The van der Waals surface area contributed by atoms with Gasteiger partial charge in [-0.3, -0.25) is 4.79 Å². The van der Waals surface area contributed by atoms with E-state index in [0.29, 0.717) is 46.1 Å². The van der Waals surface area contributed by atoms with Crippen molar-refractivity contribution in [1.29, 1.82) is 0 Å². The van der Waals surface area contributed by atoms with Crippen molar-refractivity contribution in [3.8, 4) is 11.5 Å². The number of rotatable bonds is 11. The third-order valence-electron chi connectivity index (χ3n) is 7.56. The summed E-state index contributed by atoms with van der Waals surface area (Å²) in [5, 5.41) is 1.81. The Balaban J connectivity index is 1.13. The molecule has 1 fully saturated rings. The van der Waals surface area contributed by atoms with Gasteiger partial charge in [-0.05, 0) is 53.9 Å². The third-order valence-corrected chi connectivity index (χ3v) is 8.99. The van der Waals surface area contributed by atoms with E-state index in [1.807, 2.05) is 73.8 Å². The zero-order valence-electron chi connectivity index (χ0n) is 25.0. The van der Waals surface area contributed by atoms with Crippen LogP contribution in [0.4, 0.5) is 11.5 Å². The molecule has 0 saturated carbocycles. The fraction of sp³-hybridized carbons (Fsp3) is 0.303. The molecule has 0 unspecified atom stereocenters. The predicted molar refractivity (Wildman–Crippen MR) is 179 cm³/mol. The number of hydrogen-bond donors (Lipinski definition) is 0. The van der Waals surface area contributed by atoms with Gasteiger partial charge in [0.2, 0.25) is 0 Å². The van der Waals surface area contributed by atoms with Crippen molar-refractivity contribution in [3.05, 3.63) is 99.7 Å². The molecule has 1 saturated heterocycles. The van der Waals surface area contributed by atoms with Crippen LogP contribution < -0.4 is 19.3 Å². The minimum absolute atomic E-state index is 0.0258. The first-order valence-corrected chi connectivity index (χ1v) is 16.1. The Kier molecular flexibility index (Phi) is 10.7. The van der Waals surface area contributed by atoms with Crippen molar-refractivity contribution < 1.29 is 14.3 Å². The molecule has 1 amide bonds. The maximum Gasteiger partial charge on any atom is 0.253 e. The molecule has 0 radical (unpaired) electrons. The van der Waals surface area contributed by atoms with Gasteiger partial charge in [0.25, 0.3) is 5.91 Å². The Morgan fingerprint density at radius 3 is 2.25 bits per heavy atom. The molecule has 2 heterocycles. The lowest BCUT2D eigenvalue weighted by molar-refractivity contribution is 0.0796. The smallest absolute Gasteiger partial charge is 0.253 e. The molecule has 11 heteroatoms. The second-order valence-electron chi connectivity index (χ2n) is 10.4. The molecule has 1 aliphatic rings. The number of hydrogen-bond acceptors (Lipinski definition) is 8. The van der Waals surface area contributed by atoms with Crippen LogP contribution in [0.2, 0.25) is 10.2 Å². The van der Waals surface area contributed by atoms with Crippen LogP contribution in [-0.2, 0) is 12.2 Å². The second kappa shape index (κ2) is 14.9. The minimum Gasteiger partial charge on any atom is -0.493 e. The standard InChI is InChI=1S/C33H35Cl2N5O3S/c1-38(15-14-23-10-13-28(42-2)29(20-23)43-3)32(41)25-11-8-24(9-12-25)22-44-33-36-30(35)21-31(37-33)40-18-16-39(17-19-40)27-7-5-4-6-26(27)34/h4-13,20-21H,14-19,22H2,1-3H3. The van der Waals surface area contributed by atoms with E-state index >= 15 is 0 Å². The number of aromatic nitrogens is 2. The first-order valence-electron chi connectivity index (χ1n) is 14.3. The normalized spacial score (nSPS) is 13.1. The first-order chi connectivity index (χ1) is 21.3. The Morgan fingerprint density at radius 2 is 1.55 bits per heavy atom.